The lowest BCUT2D eigenvalue weighted by Gasteiger charge is -2.16. The topological polar surface area (TPSA) is 110 Å². The number of anilines is 1. The fourth-order valence-electron chi connectivity index (χ4n) is 3.49. The molecule has 1 aliphatic heterocycles. The van der Waals surface area contributed by atoms with E-state index >= 15 is 0 Å². The van der Waals surface area contributed by atoms with Crippen molar-refractivity contribution in [1.29, 1.82) is 0 Å². The van der Waals surface area contributed by atoms with Crippen LogP contribution in [0.2, 0.25) is 0 Å². The lowest BCUT2D eigenvalue weighted by Crippen LogP contribution is -2.27. The van der Waals surface area contributed by atoms with Crippen molar-refractivity contribution in [3.63, 3.8) is 0 Å². The van der Waals surface area contributed by atoms with Crippen molar-refractivity contribution in [2.75, 3.05) is 18.4 Å². The second kappa shape index (κ2) is 9.47. The first-order chi connectivity index (χ1) is 15.4. The molecule has 3 aromatic rings. The van der Waals surface area contributed by atoms with Crippen molar-refractivity contribution >= 4 is 33.4 Å². The van der Waals surface area contributed by atoms with Crippen LogP contribution in [0.25, 0.3) is 11.6 Å². The smallest absolute Gasteiger partial charge is 0.243 e. The summed E-state index contributed by atoms with van der Waals surface area (Å²) in [5.41, 5.74) is 0.538. The Morgan fingerprint density at radius 3 is 2.53 bits per heavy atom. The standard InChI is InChI=1S/C21H25N5O4S2/c1-3-26-19(18-7-6-14-30-18)23-24-21(26)31-15(2)20(27)22-16-8-10-17(11-9-16)32(28,29)25-12-4-5-13-25/h6-11,14-15H,3-5,12-13H2,1-2H3,(H,22,27). The van der Waals surface area contributed by atoms with Crippen LogP contribution >= 0.6 is 11.8 Å². The Kier molecular flexibility index (Phi) is 6.68. The lowest BCUT2D eigenvalue weighted by atomic mass is 10.3. The van der Waals surface area contributed by atoms with E-state index in [0.717, 1.165) is 12.8 Å². The monoisotopic (exact) mass is 475 g/mol. The van der Waals surface area contributed by atoms with Crippen LogP contribution in [0.5, 0.6) is 0 Å². The minimum atomic E-state index is -3.47. The third-order valence-corrected chi connectivity index (χ3v) is 8.24. The zero-order valence-corrected chi connectivity index (χ0v) is 19.5. The third-order valence-electron chi connectivity index (χ3n) is 5.25. The molecule has 11 heteroatoms. The summed E-state index contributed by atoms with van der Waals surface area (Å²) in [5.74, 6) is 1.02. The van der Waals surface area contributed by atoms with Gasteiger partial charge in [0.25, 0.3) is 0 Å². The molecule has 1 saturated heterocycles. The maximum Gasteiger partial charge on any atom is 0.243 e. The Morgan fingerprint density at radius 2 is 1.91 bits per heavy atom. The Bertz CT molecular complexity index is 1170. The molecule has 1 fully saturated rings. The van der Waals surface area contributed by atoms with Gasteiger partial charge in [-0.1, -0.05) is 11.8 Å². The van der Waals surface area contributed by atoms with Crippen LogP contribution in [0.3, 0.4) is 0 Å². The van der Waals surface area contributed by atoms with E-state index in [9.17, 15) is 13.2 Å². The molecular formula is C21H25N5O4S2. The second-order valence-corrected chi connectivity index (χ2v) is 10.7. The molecule has 2 aromatic heterocycles. The summed E-state index contributed by atoms with van der Waals surface area (Å²) in [5, 5.41) is 11.4. The van der Waals surface area contributed by atoms with E-state index in [0.29, 0.717) is 42.1 Å². The minimum absolute atomic E-state index is 0.213. The molecule has 0 bridgehead atoms. The maximum atomic E-state index is 12.7. The van der Waals surface area contributed by atoms with E-state index in [2.05, 4.69) is 15.5 Å². The average molecular weight is 476 g/mol. The quantitative estimate of drug-likeness (QED) is 0.497. The molecule has 1 unspecified atom stereocenters. The zero-order chi connectivity index (χ0) is 22.7. The van der Waals surface area contributed by atoms with Crippen LogP contribution < -0.4 is 5.32 Å². The summed E-state index contributed by atoms with van der Waals surface area (Å²) in [6.07, 6.45) is 3.35. The van der Waals surface area contributed by atoms with Crippen LogP contribution in [0.1, 0.15) is 26.7 Å². The van der Waals surface area contributed by atoms with Gasteiger partial charge in [0.2, 0.25) is 15.9 Å². The summed E-state index contributed by atoms with van der Waals surface area (Å²) in [6.45, 7) is 5.50. The van der Waals surface area contributed by atoms with Gasteiger partial charge in [0, 0.05) is 25.3 Å². The van der Waals surface area contributed by atoms with E-state index in [-0.39, 0.29) is 10.8 Å². The number of rotatable bonds is 8. The summed E-state index contributed by atoms with van der Waals surface area (Å²) >= 11 is 1.30. The number of sulfonamides is 1. The van der Waals surface area contributed by atoms with Gasteiger partial charge in [0.15, 0.2) is 16.7 Å². The van der Waals surface area contributed by atoms with Gasteiger partial charge in [-0.2, -0.15) is 4.31 Å². The molecule has 1 aromatic carbocycles. The number of furan rings is 1. The Morgan fingerprint density at radius 1 is 1.19 bits per heavy atom. The third kappa shape index (κ3) is 4.59. The van der Waals surface area contributed by atoms with Crippen molar-refractivity contribution in [2.24, 2.45) is 0 Å². The lowest BCUT2D eigenvalue weighted by molar-refractivity contribution is -0.115. The Labute approximate surface area is 191 Å². The highest BCUT2D eigenvalue weighted by atomic mass is 32.2. The van der Waals surface area contributed by atoms with Crippen LogP contribution in [-0.2, 0) is 21.4 Å². The molecule has 0 aliphatic carbocycles. The molecule has 0 saturated carbocycles. The van der Waals surface area contributed by atoms with Gasteiger partial charge >= 0.3 is 0 Å². The number of carbonyl (C=O) groups is 1. The van der Waals surface area contributed by atoms with Crippen LogP contribution in [0.4, 0.5) is 5.69 Å². The number of nitrogens with one attached hydrogen (secondary N) is 1. The molecular weight excluding hydrogens is 450 g/mol. The van der Waals surface area contributed by atoms with Gasteiger partial charge in [-0.3, -0.25) is 9.36 Å². The van der Waals surface area contributed by atoms with Gasteiger partial charge < -0.3 is 9.73 Å². The van der Waals surface area contributed by atoms with Crippen molar-refractivity contribution in [2.45, 2.75) is 48.5 Å². The fourth-order valence-corrected chi connectivity index (χ4v) is 5.92. The van der Waals surface area contributed by atoms with Gasteiger partial charge in [0.1, 0.15) is 0 Å². The van der Waals surface area contributed by atoms with E-state index in [1.807, 2.05) is 17.6 Å². The van der Waals surface area contributed by atoms with Crippen molar-refractivity contribution in [3.05, 3.63) is 42.7 Å². The first-order valence-electron chi connectivity index (χ1n) is 10.4. The molecule has 32 heavy (non-hydrogen) atoms. The number of nitrogens with zero attached hydrogens (tertiary/aromatic N) is 4. The van der Waals surface area contributed by atoms with E-state index in [1.165, 1.54) is 28.2 Å². The molecule has 170 valence electrons. The van der Waals surface area contributed by atoms with Crippen molar-refractivity contribution in [3.8, 4) is 11.6 Å². The van der Waals surface area contributed by atoms with Crippen LogP contribution in [-0.4, -0.2) is 51.7 Å². The molecule has 3 heterocycles. The van der Waals surface area contributed by atoms with Crippen LogP contribution in [0.15, 0.2) is 57.1 Å². The van der Waals surface area contributed by atoms with E-state index < -0.39 is 15.3 Å². The summed E-state index contributed by atoms with van der Waals surface area (Å²) < 4.78 is 34.1. The predicted octanol–water partition coefficient (Wildman–Crippen LogP) is 3.46. The molecule has 1 amide bonds. The van der Waals surface area contributed by atoms with Crippen LogP contribution in [0, 0.1) is 0 Å². The minimum Gasteiger partial charge on any atom is -0.461 e. The normalized spacial score (nSPS) is 15.7. The largest absolute Gasteiger partial charge is 0.461 e. The first-order valence-corrected chi connectivity index (χ1v) is 12.8. The zero-order valence-electron chi connectivity index (χ0n) is 17.9. The highest BCUT2D eigenvalue weighted by Gasteiger charge is 2.27. The number of hydrogen-bond acceptors (Lipinski definition) is 7. The molecule has 9 nitrogen and oxygen atoms in total. The second-order valence-electron chi connectivity index (χ2n) is 7.41. The summed E-state index contributed by atoms with van der Waals surface area (Å²) in [6, 6.07) is 9.89. The van der Waals surface area contributed by atoms with E-state index in [1.54, 1.807) is 31.4 Å². The number of carbonyl (C=O) groups excluding carboxylic acids is 1. The first kappa shape index (κ1) is 22.6. The Balaban J connectivity index is 1.41. The maximum absolute atomic E-state index is 12.7. The van der Waals surface area contributed by atoms with Crippen molar-refractivity contribution in [1.82, 2.24) is 19.1 Å². The summed E-state index contributed by atoms with van der Waals surface area (Å²) in [7, 11) is -3.47. The van der Waals surface area contributed by atoms with Gasteiger partial charge in [-0.05, 0) is 63.1 Å². The Hall–Kier alpha value is -2.63. The summed E-state index contributed by atoms with van der Waals surface area (Å²) in [4.78, 5) is 12.9. The molecule has 1 N–H and O–H groups in total. The molecule has 1 aliphatic rings. The molecule has 0 radical (unpaired) electrons. The van der Waals surface area contributed by atoms with Gasteiger partial charge in [0.05, 0.1) is 16.4 Å². The number of benzene rings is 1. The van der Waals surface area contributed by atoms with Gasteiger partial charge in [-0.15, -0.1) is 10.2 Å². The highest BCUT2D eigenvalue weighted by molar-refractivity contribution is 8.00. The number of aromatic nitrogens is 3. The van der Waals surface area contributed by atoms with Crippen molar-refractivity contribution < 1.29 is 17.6 Å². The highest BCUT2D eigenvalue weighted by Crippen LogP contribution is 2.28. The molecule has 4 rings (SSSR count). The van der Waals surface area contributed by atoms with Gasteiger partial charge in [-0.25, -0.2) is 8.42 Å². The number of hydrogen-bond donors (Lipinski definition) is 1. The fraction of sp³-hybridized carbons (Fsp3) is 0.381. The number of thioether (sulfide) groups is 1. The molecule has 0 spiro atoms. The number of amides is 1. The predicted molar refractivity (Wildman–Crippen MR) is 122 cm³/mol. The molecule has 1 atom stereocenters. The SMILES string of the molecule is CCn1c(SC(C)C(=O)Nc2ccc(S(=O)(=O)N3CCCC3)cc2)nnc1-c1ccco1. The average Bonchev–Trinajstić information content (AvgIpc) is 3.55. The van der Waals surface area contributed by atoms with E-state index in [4.69, 9.17) is 4.42 Å².